The van der Waals surface area contributed by atoms with Gasteiger partial charge < -0.3 is 4.90 Å². The molecule has 0 saturated carbocycles. The van der Waals surface area contributed by atoms with Crippen LogP contribution in [0.25, 0.3) is 11.1 Å². The Balaban J connectivity index is 1.77. The molecule has 1 amide bonds. The van der Waals surface area contributed by atoms with E-state index in [2.05, 4.69) is 4.98 Å². The topological polar surface area (TPSA) is 50.3 Å². The van der Waals surface area contributed by atoms with Gasteiger partial charge in [-0.1, -0.05) is 48.9 Å². The van der Waals surface area contributed by atoms with Crippen molar-refractivity contribution in [3.05, 3.63) is 69.1 Å². The molecule has 0 aliphatic carbocycles. The smallest absolute Gasteiger partial charge is 0.226 e. The second-order valence-electron chi connectivity index (χ2n) is 6.53. The van der Waals surface area contributed by atoms with E-state index >= 15 is 0 Å². The Bertz CT molecular complexity index is 1010. The van der Waals surface area contributed by atoms with E-state index in [0.717, 1.165) is 21.8 Å². The molecule has 1 heterocycles. The van der Waals surface area contributed by atoms with Crippen LogP contribution >= 0.6 is 22.9 Å². The number of ketones is 1. The first kappa shape index (κ1) is 20.2. The molecule has 0 N–H and O–H groups in total. The van der Waals surface area contributed by atoms with Gasteiger partial charge >= 0.3 is 0 Å². The predicted molar refractivity (Wildman–Crippen MR) is 115 cm³/mol. The highest BCUT2D eigenvalue weighted by molar-refractivity contribution is 7.09. The van der Waals surface area contributed by atoms with Gasteiger partial charge in [-0.05, 0) is 30.2 Å². The van der Waals surface area contributed by atoms with E-state index in [0.29, 0.717) is 29.1 Å². The van der Waals surface area contributed by atoms with Crippen LogP contribution in [0.2, 0.25) is 5.02 Å². The molecule has 3 aromatic rings. The summed E-state index contributed by atoms with van der Waals surface area (Å²) in [6.07, 6.45) is 0.737. The van der Waals surface area contributed by atoms with Gasteiger partial charge in [-0.3, -0.25) is 9.59 Å². The molecule has 0 bridgehead atoms. The van der Waals surface area contributed by atoms with E-state index < -0.39 is 0 Å². The number of nitrogens with zero attached hydrogens (tertiary/aromatic N) is 2. The quantitative estimate of drug-likeness (QED) is 0.497. The highest BCUT2D eigenvalue weighted by Crippen LogP contribution is 2.31. The molecule has 0 fully saturated rings. The third-order valence-corrected chi connectivity index (χ3v) is 5.77. The molecule has 2 aromatic carbocycles. The van der Waals surface area contributed by atoms with Crippen LogP contribution in [0.5, 0.6) is 0 Å². The van der Waals surface area contributed by atoms with Gasteiger partial charge in [-0.25, -0.2) is 4.98 Å². The molecule has 0 aliphatic heterocycles. The number of anilines is 1. The maximum Gasteiger partial charge on any atom is 0.226 e. The van der Waals surface area contributed by atoms with Gasteiger partial charge in [0.1, 0.15) is 5.01 Å². The number of hydrogen-bond acceptors (Lipinski definition) is 4. The number of aromatic nitrogens is 1. The lowest BCUT2D eigenvalue weighted by Gasteiger charge is -2.18. The summed E-state index contributed by atoms with van der Waals surface area (Å²) in [4.78, 5) is 30.2. The van der Waals surface area contributed by atoms with E-state index in [4.69, 9.17) is 11.6 Å². The molecule has 0 atom stereocenters. The van der Waals surface area contributed by atoms with Crippen molar-refractivity contribution in [3.63, 3.8) is 0 Å². The SMILES string of the molecule is CCC(=O)N(C)c1ccc(-c2ccc(C(=O)Cc3nc(C)cs3)cc2)cc1Cl. The summed E-state index contributed by atoms with van der Waals surface area (Å²) in [6.45, 7) is 3.74. The Kier molecular flexibility index (Phi) is 6.27. The standard InChI is InChI=1S/C22H21ClN2O2S/c1-4-22(27)25(3)19-10-9-17(11-18(19)23)15-5-7-16(8-6-15)20(26)12-21-24-14(2)13-28-21/h5-11,13H,4,12H2,1-3H3. The molecular formula is C22H21ClN2O2S. The Hall–Kier alpha value is -2.50. The lowest BCUT2D eigenvalue weighted by molar-refractivity contribution is -0.118. The van der Waals surface area contributed by atoms with E-state index in [1.54, 1.807) is 11.9 Å². The Morgan fingerprint density at radius 3 is 2.36 bits per heavy atom. The minimum atomic E-state index is 0.00735. The van der Waals surface area contributed by atoms with Crippen molar-refractivity contribution in [3.8, 4) is 11.1 Å². The average Bonchev–Trinajstić information content (AvgIpc) is 3.11. The molecule has 0 aliphatic rings. The van der Waals surface area contributed by atoms with Crippen LogP contribution in [0.4, 0.5) is 5.69 Å². The Labute approximate surface area is 173 Å². The number of carbonyl (C=O) groups excluding carboxylic acids is 2. The second-order valence-corrected chi connectivity index (χ2v) is 7.88. The van der Waals surface area contributed by atoms with Crippen molar-refractivity contribution in [2.75, 3.05) is 11.9 Å². The van der Waals surface area contributed by atoms with Gasteiger partial charge in [0.15, 0.2) is 5.78 Å². The summed E-state index contributed by atoms with van der Waals surface area (Å²) < 4.78 is 0. The summed E-state index contributed by atoms with van der Waals surface area (Å²) in [5.41, 5.74) is 4.17. The molecule has 0 radical (unpaired) electrons. The van der Waals surface area contributed by atoms with Crippen LogP contribution in [0, 0.1) is 6.92 Å². The third-order valence-electron chi connectivity index (χ3n) is 4.50. The summed E-state index contributed by atoms with van der Waals surface area (Å²) in [7, 11) is 1.72. The molecule has 0 saturated heterocycles. The highest BCUT2D eigenvalue weighted by atomic mass is 35.5. The fourth-order valence-corrected chi connectivity index (χ4v) is 3.98. The fraction of sp³-hybridized carbons (Fsp3) is 0.227. The lowest BCUT2D eigenvalue weighted by Crippen LogP contribution is -2.25. The van der Waals surface area contributed by atoms with Gasteiger partial charge in [0.2, 0.25) is 5.91 Å². The first-order chi connectivity index (χ1) is 13.4. The number of halogens is 1. The first-order valence-electron chi connectivity index (χ1n) is 8.99. The number of thiazole rings is 1. The number of amides is 1. The normalized spacial score (nSPS) is 10.7. The number of benzene rings is 2. The minimum absolute atomic E-state index is 0.00735. The second kappa shape index (κ2) is 8.67. The lowest BCUT2D eigenvalue weighted by atomic mass is 10.0. The third kappa shape index (κ3) is 4.49. The molecule has 0 spiro atoms. The van der Waals surface area contributed by atoms with Crippen LogP contribution in [-0.4, -0.2) is 23.7 Å². The van der Waals surface area contributed by atoms with Gasteiger partial charge in [0.05, 0.1) is 17.1 Å². The zero-order valence-electron chi connectivity index (χ0n) is 16.0. The molecule has 28 heavy (non-hydrogen) atoms. The van der Waals surface area contributed by atoms with Gasteiger partial charge in [0.25, 0.3) is 0 Å². The van der Waals surface area contributed by atoms with Crippen LogP contribution in [0.1, 0.15) is 34.4 Å². The summed E-state index contributed by atoms with van der Waals surface area (Å²) in [5, 5.41) is 3.30. The summed E-state index contributed by atoms with van der Waals surface area (Å²) in [5.74, 6) is 0.0573. The van der Waals surface area contributed by atoms with Crippen LogP contribution in [0.3, 0.4) is 0 Å². The monoisotopic (exact) mass is 412 g/mol. The van der Waals surface area contributed by atoms with Crippen molar-refractivity contribution < 1.29 is 9.59 Å². The van der Waals surface area contributed by atoms with Gasteiger partial charge in [-0.2, -0.15) is 0 Å². The van der Waals surface area contributed by atoms with Crippen molar-refractivity contribution in [1.29, 1.82) is 0 Å². The van der Waals surface area contributed by atoms with Gasteiger partial charge in [0, 0.05) is 30.1 Å². The largest absolute Gasteiger partial charge is 0.314 e. The summed E-state index contributed by atoms with van der Waals surface area (Å²) in [6, 6.07) is 13.1. The molecule has 144 valence electrons. The van der Waals surface area contributed by atoms with Crippen LogP contribution in [0.15, 0.2) is 47.8 Å². The molecule has 1 aromatic heterocycles. The van der Waals surface area contributed by atoms with Gasteiger partial charge in [-0.15, -0.1) is 11.3 Å². The van der Waals surface area contributed by atoms with E-state index in [1.165, 1.54) is 11.3 Å². The number of carbonyl (C=O) groups is 2. The maximum atomic E-state index is 12.4. The Morgan fingerprint density at radius 1 is 1.11 bits per heavy atom. The number of aryl methyl sites for hydroxylation is 1. The van der Waals surface area contributed by atoms with Crippen molar-refractivity contribution >= 4 is 40.3 Å². The van der Waals surface area contributed by atoms with E-state index in [-0.39, 0.29) is 11.7 Å². The minimum Gasteiger partial charge on any atom is -0.314 e. The van der Waals surface area contributed by atoms with Crippen molar-refractivity contribution in [2.24, 2.45) is 0 Å². The van der Waals surface area contributed by atoms with Crippen molar-refractivity contribution in [2.45, 2.75) is 26.7 Å². The molecule has 4 nitrogen and oxygen atoms in total. The zero-order chi connectivity index (χ0) is 20.3. The van der Waals surface area contributed by atoms with Crippen LogP contribution < -0.4 is 4.90 Å². The molecule has 0 unspecified atom stereocenters. The highest BCUT2D eigenvalue weighted by Gasteiger charge is 2.14. The number of hydrogen-bond donors (Lipinski definition) is 0. The fourth-order valence-electron chi connectivity index (χ4n) is 2.90. The Morgan fingerprint density at radius 2 is 1.79 bits per heavy atom. The molecule has 6 heteroatoms. The number of Topliss-reactive ketones (excluding diaryl/α,β-unsaturated/α-hetero) is 1. The summed E-state index contributed by atoms with van der Waals surface area (Å²) >= 11 is 7.90. The average molecular weight is 413 g/mol. The first-order valence-corrected chi connectivity index (χ1v) is 10.3. The molecular weight excluding hydrogens is 392 g/mol. The molecule has 3 rings (SSSR count). The predicted octanol–water partition coefficient (Wildman–Crippen LogP) is 5.57. The van der Waals surface area contributed by atoms with E-state index in [9.17, 15) is 9.59 Å². The zero-order valence-corrected chi connectivity index (χ0v) is 17.6. The van der Waals surface area contributed by atoms with Crippen LogP contribution in [-0.2, 0) is 11.2 Å². The van der Waals surface area contributed by atoms with Crippen molar-refractivity contribution in [1.82, 2.24) is 4.98 Å². The maximum absolute atomic E-state index is 12.4. The van der Waals surface area contributed by atoms with E-state index in [1.807, 2.05) is 61.7 Å². The number of rotatable bonds is 6.